The molecule has 1 heterocycles. The van der Waals surface area contributed by atoms with Gasteiger partial charge in [-0.3, -0.25) is 19.0 Å². The second-order valence-electron chi connectivity index (χ2n) is 7.20. The van der Waals surface area contributed by atoms with E-state index in [-0.39, 0.29) is 30.4 Å². The SMILES string of the molecule is CN(CCCC(=O)OC(C)(C)C)C(=O)Cn1cnc2ccccc2c1=O. The van der Waals surface area contributed by atoms with Gasteiger partial charge in [-0.25, -0.2) is 4.98 Å². The Bertz CT molecular complexity index is 852. The van der Waals surface area contributed by atoms with Gasteiger partial charge >= 0.3 is 5.97 Å². The lowest BCUT2D eigenvalue weighted by Crippen LogP contribution is -2.35. The Balaban J connectivity index is 1.90. The van der Waals surface area contributed by atoms with Gasteiger partial charge in [-0.15, -0.1) is 0 Å². The summed E-state index contributed by atoms with van der Waals surface area (Å²) in [4.78, 5) is 42.1. The first-order chi connectivity index (χ1) is 12.2. The lowest BCUT2D eigenvalue weighted by atomic mass is 10.2. The van der Waals surface area contributed by atoms with Crippen molar-refractivity contribution in [1.82, 2.24) is 14.5 Å². The van der Waals surface area contributed by atoms with Gasteiger partial charge in [0.1, 0.15) is 12.1 Å². The van der Waals surface area contributed by atoms with Crippen LogP contribution in [0.5, 0.6) is 0 Å². The fourth-order valence-corrected chi connectivity index (χ4v) is 2.46. The number of carbonyl (C=O) groups excluding carboxylic acids is 2. The third kappa shape index (κ3) is 5.40. The Morgan fingerprint density at radius 1 is 1.23 bits per heavy atom. The molecule has 1 aromatic heterocycles. The Kier molecular flexibility index (Phi) is 6.13. The average molecular weight is 359 g/mol. The molecule has 2 rings (SSSR count). The predicted molar refractivity (Wildman–Crippen MR) is 98.7 cm³/mol. The van der Waals surface area contributed by atoms with E-state index >= 15 is 0 Å². The summed E-state index contributed by atoms with van der Waals surface area (Å²) in [7, 11) is 1.65. The number of rotatable bonds is 6. The van der Waals surface area contributed by atoms with Crippen LogP contribution in [0.2, 0.25) is 0 Å². The monoisotopic (exact) mass is 359 g/mol. The average Bonchev–Trinajstić information content (AvgIpc) is 2.55. The summed E-state index contributed by atoms with van der Waals surface area (Å²) in [5, 5.41) is 0.482. The normalized spacial score (nSPS) is 11.4. The number of fused-ring (bicyclic) bond motifs is 1. The fraction of sp³-hybridized carbons (Fsp3) is 0.474. The van der Waals surface area contributed by atoms with Gasteiger partial charge in [-0.1, -0.05) is 12.1 Å². The number of aromatic nitrogens is 2. The highest BCUT2D eigenvalue weighted by Gasteiger charge is 2.17. The van der Waals surface area contributed by atoms with Crippen LogP contribution in [0.25, 0.3) is 10.9 Å². The first-order valence-corrected chi connectivity index (χ1v) is 8.57. The van der Waals surface area contributed by atoms with Gasteiger partial charge in [-0.05, 0) is 39.3 Å². The second-order valence-corrected chi connectivity index (χ2v) is 7.20. The molecule has 0 aliphatic carbocycles. The Labute approximate surface area is 152 Å². The minimum absolute atomic E-state index is 0.0837. The van der Waals surface area contributed by atoms with E-state index in [1.165, 1.54) is 15.8 Å². The highest BCUT2D eigenvalue weighted by molar-refractivity contribution is 5.78. The van der Waals surface area contributed by atoms with Crippen molar-refractivity contribution in [3.63, 3.8) is 0 Å². The van der Waals surface area contributed by atoms with Crippen LogP contribution >= 0.6 is 0 Å². The third-order valence-corrected chi connectivity index (χ3v) is 3.76. The maximum atomic E-state index is 12.4. The lowest BCUT2D eigenvalue weighted by Gasteiger charge is -2.20. The molecule has 2 aromatic rings. The maximum Gasteiger partial charge on any atom is 0.306 e. The zero-order valence-electron chi connectivity index (χ0n) is 15.7. The molecule has 26 heavy (non-hydrogen) atoms. The summed E-state index contributed by atoms with van der Waals surface area (Å²) in [6, 6.07) is 7.02. The summed E-state index contributed by atoms with van der Waals surface area (Å²) in [6.07, 6.45) is 2.13. The van der Waals surface area contributed by atoms with Crippen molar-refractivity contribution < 1.29 is 14.3 Å². The van der Waals surface area contributed by atoms with E-state index in [2.05, 4.69) is 4.98 Å². The molecule has 0 saturated carbocycles. The molecule has 140 valence electrons. The molecule has 7 nitrogen and oxygen atoms in total. The topological polar surface area (TPSA) is 81.5 Å². The van der Waals surface area contributed by atoms with Crippen LogP contribution in [-0.4, -0.2) is 45.5 Å². The minimum Gasteiger partial charge on any atom is -0.460 e. The van der Waals surface area contributed by atoms with Crippen molar-refractivity contribution in [2.75, 3.05) is 13.6 Å². The van der Waals surface area contributed by atoms with Crippen LogP contribution in [0.3, 0.4) is 0 Å². The summed E-state index contributed by atoms with van der Waals surface area (Å²) in [6.45, 7) is 5.77. The number of nitrogens with zero attached hydrogens (tertiary/aromatic N) is 3. The summed E-state index contributed by atoms with van der Waals surface area (Å²) in [5.41, 5.74) is -0.152. The van der Waals surface area contributed by atoms with Crippen LogP contribution in [0.1, 0.15) is 33.6 Å². The summed E-state index contributed by atoms with van der Waals surface area (Å²) >= 11 is 0. The van der Waals surface area contributed by atoms with E-state index in [4.69, 9.17) is 4.74 Å². The zero-order valence-corrected chi connectivity index (χ0v) is 15.7. The molecule has 0 spiro atoms. The Hall–Kier alpha value is -2.70. The van der Waals surface area contributed by atoms with Crippen LogP contribution in [0, 0.1) is 0 Å². The zero-order chi connectivity index (χ0) is 19.3. The molecule has 1 amide bonds. The van der Waals surface area contributed by atoms with Gasteiger partial charge in [0.25, 0.3) is 5.56 Å². The molecular weight excluding hydrogens is 334 g/mol. The standard InChI is InChI=1S/C19H25N3O4/c1-19(2,3)26-17(24)10-7-11-21(4)16(23)12-22-13-20-15-9-6-5-8-14(15)18(22)25/h5-6,8-9,13H,7,10-12H2,1-4H3. The minimum atomic E-state index is -0.511. The van der Waals surface area contributed by atoms with Gasteiger partial charge < -0.3 is 9.64 Å². The maximum absolute atomic E-state index is 12.4. The van der Waals surface area contributed by atoms with Crippen LogP contribution in [-0.2, 0) is 20.9 Å². The third-order valence-electron chi connectivity index (χ3n) is 3.76. The van der Waals surface area contributed by atoms with Gasteiger partial charge in [0.2, 0.25) is 5.91 Å². The number of esters is 1. The van der Waals surface area contributed by atoms with E-state index in [9.17, 15) is 14.4 Å². The second kappa shape index (κ2) is 8.12. The number of ether oxygens (including phenoxy) is 1. The summed E-state index contributed by atoms with van der Waals surface area (Å²) in [5.74, 6) is -0.498. The van der Waals surface area contributed by atoms with Crippen molar-refractivity contribution in [2.24, 2.45) is 0 Å². The highest BCUT2D eigenvalue weighted by atomic mass is 16.6. The molecule has 0 bridgehead atoms. The Morgan fingerprint density at radius 3 is 2.62 bits per heavy atom. The van der Waals surface area contributed by atoms with Gasteiger partial charge in [-0.2, -0.15) is 0 Å². The van der Waals surface area contributed by atoms with Crippen molar-refractivity contribution in [3.8, 4) is 0 Å². The number of hydrogen-bond donors (Lipinski definition) is 0. The molecule has 0 N–H and O–H groups in total. The van der Waals surface area contributed by atoms with Crippen LogP contribution in [0.4, 0.5) is 0 Å². The molecule has 7 heteroatoms. The van der Waals surface area contributed by atoms with E-state index in [0.29, 0.717) is 23.9 Å². The molecule has 0 saturated heterocycles. The van der Waals surface area contributed by atoms with Crippen LogP contribution in [0.15, 0.2) is 35.4 Å². The van der Waals surface area contributed by atoms with E-state index < -0.39 is 5.60 Å². The largest absolute Gasteiger partial charge is 0.460 e. The molecule has 1 aromatic carbocycles. The number of amides is 1. The number of hydrogen-bond acceptors (Lipinski definition) is 5. The van der Waals surface area contributed by atoms with Gasteiger partial charge in [0.05, 0.1) is 17.2 Å². The number of likely N-dealkylation sites (N-methyl/N-ethyl adjacent to an activating group) is 1. The first kappa shape index (κ1) is 19.6. The van der Waals surface area contributed by atoms with Crippen molar-refractivity contribution in [1.29, 1.82) is 0 Å². The van der Waals surface area contributed by atoms with Crippen molar-refractivity contribution >= 4 is 22.8 Å². The molecular formula is C19H25N3O4. The molecule has 0 radical (unpaired) electrons. The van der Waals surface area contributed by atoms with E-state index in [1.807, 2.05) is 26.8 Å². The molecule has 0 atom stereocenters. The predicted octanol–water partition coefficient (Wildman–Crippen LogP) is 1.98. The fourth-order valence-electron chi connectivity index (χ4n) is 2.46. The first-order valence-electron chi connectivity index (χ1n) is 8.57. The quantitative estimate of drug-likeness (QED) is 0.737. The molecule has 0 aliphatic heterocycles. The number of para-hydroxylation sites is 1. The van der Waals surface area contributed by atoms with Crippen molar-refractivity contribution in [3.05, 3.63) is 40.9 Å². The Morgan fingerprint density at radius 2 is 1.92 bits per heavy atom. The summed E-state index contributed by atoms with van der Waals surface area (Å²) < 4.78 is 6.54. The molecule has 0 unspecified atom stereocenters. The number of carbonyl (C=O) groups is 2. The van der Waals surface area contributed by atoms with E-state index in [1.54, 1.807) is 25.2 Å². The number of benzene rings is 1. The highest BCUT2D eigenvalue weighted by Crippen LogP contribution is 2.09. The molecule has 0 aliphatic rings. The van der Waals surface area contributed by atoms with E-state index in [0.717, 1.165) is 0 Å². The van der Waals surface area contributed by atoms with Gasteiger partial charge in [0, 0.05) is 20.0 Å². The lowest BCUT2D eigenvalue weighted by molar-refractivity contribution is -0.155. The smallest absolute Gasteiger partial charge is 0.306 e. The van der Waals surface area contributed by atoms with Crippen LogP contribution < -0.4 is 5.56 Å². The van der Waals surface area contributed by atoms with Gasteiger partial charge in [0.15, 0.2) is 0 Å². The molecule has 0 fully saturated rings. The van der Waals surface area contributed by atoms with Crippen molar-refractivity contribution in [2.45, 2.75) is 45.8 Å².